The number of hydrogen-bond donors (Lipinski definition) is 1. The zero-order valence-corrected chi connectivity index (χ0v) is 12.5. The molecule has 18 heavy (non-hydrogen) atoms. The average molecular weight is 266 g/mol. The summed E-state index contributed by atoms with van der Waals surface area (Å²) in [5.74, 6) is 1.25. The molecule has 2 unspecified atom stereocenters. The summed E-state index contributed by atoms with van der Waals surface area (Å²) >= 11 is 2.13. The van der Waals surface area contributed by atoms with Crippen LogP contribution in [0, 0.1) is 0 Å². The van der Waals surface area contributed by atoms with Gasteiger partial charge in [0.2, 0.25) is 0 Å². The van der Waals surface area contributed by atoms with Crippen molar-refractivity contribution in [2.24, 2.45) is 0 Å². The molecule has 2 nitrogen and oxygen atoms in total. The molecule has 1 aliphatic rings. The molecule has 1 fully saturated rings. The van der Waals surface area contributed by atoms with E-state index < -0.39 is 0 Å². The van der Waals surface area contributed by atoms with Crippen molar-refractivity contribution in [2.75, 3.05) is 5.75 Å². The Balaban J connectivity index is 1.84. The van der Waals surface area contributed by atoms with Crippen LogP contribution >= 0.6 is 11.8 Å². The van der Waals surface area contributed by atoms with Crippen LogP contribution in [0.15, 0.2) is 18.3 Å². The van der Waals surface area contributed by atoms with E-state index in [4.69, 9.17) is 0 Å². The highest BCUT2D eigenvalue weighted by Gasteiger charge is 2.26. The first-order valence-electron chi connectivity index (χ1n) is 7.34. The van der Waals surface area contributed by atoms with Crippen molar-refractivity contribution in [3.05, 3.63) is 24.0 Å². The predicted molar refractivity (Wildman–Crippen MR) is 81.1 cm³/mol. The van der Waals surface area contributed by atoms with E-state index in [2.05, 4.69) is 53.8 Å². The second-order valence-corrected chi connectivity index (χ2v) is 6.62. The molecule has 0 aromatic carbocycles. The van der Waals surface area contributed by atoms with Gasteiger partial charge in [0, 0.05) is 36.3 Å². The van der Waals surface area contributed by atoms with E-state index in [9.17, 15) is 0 Å². The molecular formula is C15H26N2S. The van der Waals surface area contributed by atoms with Crippen LogP contribution in [0.5, 0.6) is 0 Å². The molecule has 0 radical (unpaired) electrons. The summed E-state index contributed by atoms with van der Waals surface area (Å²) in [6, 6.07) is 5.14. The third-order valence-corrected chi connectivity index (χ3v) is 5.09. The fraction of sp³-hybridized carbons (Fsp3) is 0.733. The molecule has 1 aromatic rings. The molecule has 1 heterocycles. The number of nitrogens with zero attached hydrogens (tertiary/aromatic N) is 1. The second-order valence-electron chi connectivity index (χ2n) is 5.11. The Kier molecular flexibility index (Phi) is 5.64. The Morgan fingerprint density at radius 1 is 1.39 bits per heavy atom. The minimum Gasteiger partial charge on any atom is -0.350 e. The lowest BCUT2D eigenvalue weighted by Gasteiger charge is -2.20. The third kappa shape index (κ3) is 3.55. The Labute approximate surface area is 116 Å². The summed E-state index contributed by atoms with van der Waals surface area (Å²) in [6.45, 7) is 6.68. The maximum atomic E-state index is 3.78. The Bertz CT molecular complexity index is 348. The van der Waals surface area contributed by atoms with Gasteiger partial charge in [0.05, 0.1) is 0 Å². The van der Waals surface area contributed by atoms with Gasteiger partial charge in [0.1, 0.15) is 0 Å². The van der Waals surface area contributed by atoms with Gasteiger partial charge < -0.3 is 9.88 Å². The molecule has 1 N–H and O–H groups in total. The van der Waals surface area contributed by atoms with Crippen LogP contribution in [0.1, 0.15) is 45.2 Å². The standard InChI is InChI=1S/C15H26N2S/c1-3-10-17-11-6-7-13(17)12-16-14-8-5-9-15(14)18-4-2/h6-7,11,14-16H,3-5,8-10,12H2,1-2H3. The van der Waals surface area contributed by atoms with Crippen molar-refractivity contribution in [2.45, 2.75) is 63.9 Å². The summed E-state index contributed by atoms with van der Waals surface area (Å²) in [7, 11) is 0. The van der Waals surface area contributed by atoms with E-state index in [-0.39, 0.29) is 0 Å². The van der Waals surface area contributed by atoms with Gasteiger partial charge in [-0.2, -0.15) is 11.8 Å². The first kappa shape index (κ1) is 14.0. The minimum absolute atomic E-state index is 0.722. The van der Waals surface area contributed by atoms with Crippen molar-refractivity contribution in [1.29, 1.82) is 0 Å². The van der Waals surface area contributed by atoms with E-state index in [1.54, 1.807) is 0 Å². The second kappa shape index (κ2) is 7.25. The normalized spacial score (nSPS) is 23.7. The lowest BCUT2D eigenvalue weighted by Crippen LogP contribution is -2.34. The summed E-state index contributed by atoms with van der Waals surface area (Å²) in [6.07, 6.45) is 7.55. The van der Waals surface area contributed by atoms with Gasteiger partial charge in [0.25, 0.3) is 0 Å². The van der Waals surface area contributed by atoms with Gasteiger partial charge in [-0.25, -0.2) is 0 Å². The number of rotatable bonds is 7. The molecule has 2 atom stereocenters. The van der Waals surface area contributed by atoms with E-state index >= 15 is 0 Å². The van der Waals surface area contributed by atoms with Gasteiger partial charge in [-0.1, -0.05) is 20.3 Å². The molecule has 0 saturated heterocycles. The number of nitrogens with one attached hydrogen (secondary N) is 1. The van der Waals surface area contributed by atoms with Crippen LogP contribution in [-0.4, -0.2) is 21.6 Å². The smallest absolute Gasteiger partial charge is 0.0362 e. The highest BCUT2D eigenvalue weighted by molar-refractivity contribution is 7.99. The average Bonchev–Trinajstić information content (AvgIpc) is 2.97. The Hall–Kier alpha value is -0.410. The first-order chi connectivity index (χ1) is 8.85. The number of thioether (sulfide) groups is 1. The molecule has 0 amide bonds. The third-order valence-electron chi connectivity index (χ3n) is 3.77. The number of aromatic nitrogens is 1. The van der Waals surface area contributed by atoms with E-state index in [0.29, 0.717) is 0 Å². The maximum Gasteiger partial charge on any atom is 0.0362 e. The van der Waals surface area contributed by atoms with Crippen LogP contribution in [0.25, 0.3) is 0 Å². The number of hydrogen-bond acceptors (Lipinski definition) is 2. The number of aryl methyl sites for hydroxylation is 1. The Morgan fingerprint density at radius 2 is 2.28 bits per heavy atom. The predicted octanol–water partition coefficient (Wildman–Crippen LogP) is 3.66. The highest BCUT2D eigenvalue weighted by atomic mass is 32.2. The molecular weight excluding hydrogens is 240 g/mol. The van der Waals surface area contributed by atoms with Gasteiger partial charge in [-0.3, -0.25) is 0 Å². The zero-order chi connectivity index (χ0) is 12.8. The van der Waals surface area contributed by atoms with Crippen molar-refractivity contribution in [1.82, 2.24) is 9.88 Å². The topological polar surface area (TPSA) is 17.0 Å². The van der Waals surface area contributed by atoms with Gasteiger partial charge in [-0.05, 0) is 37.1 Å². The molecule has 2 rings (SSSR count). The van der Waals surface area contributed by atoms with Crippen molar-refractivity contribution < 1.29 is 0 Å². The van der Waals surface area contributed by atoms with Gasteiger partial charge >= 0.3 is 0 Å². The zero-order valence-electron chi connectivity index (χ0n) is 11.7. The van der Waals surface area contributed by atoms with Crippen LogP contribution in [0.2, 0.25) is 0 Å². The van der Waals surface area contributed by atoms with Crippen LogP contribution in [0.3, 0.4) is 0 Å². The summed E-state index contributed by atoms with van der Waals surface area (Å²) < 4.78 is 2.38. The minimum atomic E-state index is 0.722. The lowest BCUT2D eigenvalue weighted by molar-refractivity contribution is 0.511. The fourth-order valence-electron chi connectivity index (χ4n) is 2.88. The van der Waals surface area contributed by atoms with E-state index in [1.165, 1.54) is 37.1 Å². The summed E-state index contributed by atoms with van der Waals surface area (Å²) in [5.41, 5.74) is 1.43. The van der Waals surface area contributed by atoms with Crippen LogP contribution < -0.4 is 5.32 Å². The van der Waals surface area contributed by atoms with E-state index in [1.807, 2.05) is 0 Å². The summed E-state index contributed by atoms with van der Waals surface area (Å²) in [5, 5.41) is 4.61. The molecule has 0 aliphatic heterocycles. The lowest BCUT2D eigenvalue weighted by atomic mass is 10.2. The Morgan fingerprint density at radius 3 is 3.06 bits per heavy atom. The molecule has 1 saturated carbocycles. The molecule has 0 spiro atoms. The summed E-state index contributed by atoms with van der Waals surface area (Å²) in [4.78, 5) is 0. The molecule has 1 aliphatic carbocycles. The van der Waals surface area contributed by atoms with Gasteiger partial charge in [-0.15, -0.1) is 0 Å². The highest BCUT2D eigenvalue weighted by Crippen LogP contribution is 2.30. The van der Waals surface area contributed by atoms with E-state index in [0.717, 1.165) is 24.4 Å². The molecule has 0 bridgehead atoms. The van der Waals surface area contributed by atoms with Crippen LogP contribution in [0.4, 0.5) is 0 Å². The van der Waals surface area contributed by atoms with Crippen molar-refractivity contribution in [3.63, 3.8) is 0 Å². The molecule has 102 valence electrons. The van der Waals surface area contributed by atoms with Crippen LogP contribution in [-0.2, 0) is 13.1 Å². The molecule has 3 heteroatoms. The fourth-order valence-corrected chi connectivity index (χ4v) is 4.10. The van der Waals surface area contributed by atoms with Gasteiger partial charge in [0.15, 0.2) is 0 Å². The maximum absolute atomic E-state index is 3.78. The monoisotopic (exact) mass is 266 g/mol. The quantitative estimate of drug-likeness (QED) is 0.811. The van der Waals surface area contributed by atoms with Crippen molar-refractivity contribution >= 4 is 11.8 Å². The first-order valence-corrected chi connectivity index (χ1v) is 8.39. The van der Waals surface area contributed by atoms with Crippen molar-refractivity contribution in [3.8, 4) is 0 Å². The molecule has 1 aromatic heterocycles. The SMILES string of the molecule is CCCn1cccc1CNC1CCCC1SCC. The largest absolute Gasteiger partial charge is 0.350 e.